The number of ether oxygens (including phenoxy) is 2. The Bertz CT molecular complexity index is 742. The van der Waals surface area contributed by atoms with Crippen molar-refractivity contribution >= 4 is 16.9 Å². The normalized spacial score (nSPS) is 26.0. The quantitative estimate of drug-likeness (QED) is 0.893. The molecule has 2 aliphatic rings. The van der Waals surface area contributed by atoms with Crippen molar-refractivity contribution in [2.24, 2.45) is 5.41 Å². The van der Waals surface area contributed by atoms with Crippen molar-refractivity contribution in [1.29, 1.82) is 0 Å². The summed E-state index contributed by atoms with van der Waals surface area (Å²) in [6.45, 7) is 2.05. The number of carbonyl (C=O) groups is 1. The first-order chi connectivity index (χ1) is 12.7. The standard InChI is InChI=1S/C20H27N3O3/c1-25-17-8-4-9-20(17)10-5-11-23(14-20)19(24)13-26-12-18-21-15-6-2-3-7-16(15)22-18/h2-3,6-7,17H,4-5,8-14H2,1H3,(H,21,22)/t17-,20-/m1/s1. The Hall–Kier alpha value is -1.92. The first-order valence-electron chi connectivity index (χ1n) is 9.52. The number of nitrogens with zero attached hydrogens (tertiary/aromatic N) is 2. The van der Waals surface area contributed by atoms with Crippen LogP contribution in [0.5, 0.6) is 0 Å². The van der Waals surface area contributed by atoms with E-state index in [0.717, 1.165) is 55.6 Å². The molecule has 0 unspecified atom stereocenters. The van der Waals surface area contributed by atoms with Crippen LogP contribution in [0.2, 0.25) is 0 Å². The minimum Gasteiger partial charge on any atom is -0.381 e. The fraction of sp³-hybridized carbons (Fsp3) is 0.600. The van der Waals surface area contributed by atoms with Gasteiger partial charge in [0.15, 0.2) is 0 Å². The van der Waals surface area contributed by atoms with Crippen LogP contribution in [-0.2, 0) is 20.9 Å². The average Bonchev–Trinajstić information content (AvgIpc) is 3.25. The lowest BCUT2D eigenvalue weighted by molar-refractivity contribution is -0.142. The molecular formula is C20H27N3O3. The molecule has 6 heteroatoms. The maximum absolute atomic E-state index is 12.6. The topological polar surface area (TPSA) is 67.4 Å². The van der Waals surface area contributed by atoms with E-state index < -0.39 is 0 Å². The maximum Gasteiger partial charge on any atom is 0.248 e. The van der Waals surface area contributed by atoms with Crippen molar-refractivity contribution in [3.05, 3.63) is 30.1 Å². The van der Waals surface area contributed by atoms with E-state index in [0.29, 0.717) is 6.61 Å². The van der Waals surface area contributed by atoms with E-state index in [1.165, 1.54) is 6.42 Å². The number of nitrogens with one attached hydrogen (secondary N) is 1. The highest BCUT2D eigenvalue weighted by Gasteiger charge is 2.46. The minimum absolute atomic E-state index is 0.0712. The van der Waals surface area contributed by atoms with Gasteiger partial charge in [0.05, 0.1) is 17.1 Å². The predicted octanol–water partition coefficient (Wildman–Crippen LogP) is 2.89. The molecule has 1 saturated heterocycles. The number of benzene rings is 1. The van der Waals surface area contributed by atoms with Crippen molar-refractivity contribution < 1.29 is 14.3 Å². The number of methoxy groups -OCH3 is 1. The number of likely N-dealkylation sites (tertiary alicyclic amines) is 1. The van der Waals surface area contributed by atoms with Gasteiger partial charge < -0.3 is 19.4 Å². The molecule has 0 bridgehead atoms. The number of hydrogen-bond acceptors (Lipinski definition) is 4. The lowest BCUT2D eigenvalue weighted by Gasteiger charge is -2.43. The third-order valence-corrected chi connectivity index (χ3v) is 5.97. The highest BCUT2D eigenvalue weighted by Crippen LogP contribution is 2.46. The van der Waals surface area contributed by atoms with Crippen molar-refractivity contribution in [1.82, 2.24) is 14.9 Å². The van der Waals surface area contributed by atoms with Gasteiger partial charge in [-0.15, -0.1) is 0 Å². The molecular weight excluding hydrogens is 330 g/mol. The van der Waals surface area contributed by atoms with E-state index >= 15 is 0 Å². The monoisotopic (exact) mass is 357 g/mol. The maximum atomic E-state index is 12.6. The summed E-state index contributed by atoms with van der Waals surface area (Å²) in [5.41, 5.74) is 2.06. The van der Waals surface area contributed by atoms with Gasteiger partial charge in [-0.2, -0.15) is 0 Å². The van der Waals surface area contributed by atoms with Gasteiger partial charge in [-0.25, -0.2) is 4.98 Å². The number of fused-ring (bicyclic) bond motifs is 1. The number of H-pyrrole nitrogens is 1. The summed E-state index contributed by atoms with van der Waals surface area (Å²) in [4.78, 5) is 22.3. The molecule has 1 spiro atoms. The van der Waals surface area contributed by atoms with Gasteiger partial charge in [-0.05, 0) is 37.8 Å². The first-order valence-corrected chi connectivity index (χ1v) is 9.52. The Labute approximate surface area is 153 Å². The Morgan fingerprint density at radius 2 is 2.19 bits per heavy atom. The molecule has 140 valence electrons. The van der Waals surface area contributed by atoms with Crippen LogP contribution in [0.25, 0.3) is 11.0 Å². The Kier molecular flexibility index (Phi) is 4.96. The molecule has 1 aromatic heterocycles. The van der Waals surface area contributed by atoms with E-state index in [9.17, 15) is 4.79 Å². The number of piperidine rings is 1. The second-order valence-corrected chi connectivity index (χ2v) is 7.59. The molecule has 26 heavy (non-hydrogen) atoms. The molecule has 0 radical (unpaired) electrons. The van der Waals surface area contributed by atoms with Crippen LogP contribution >= 0.6 is 0 Å². The van der Waals surface area contributed by atoms with Gasteiger partial charge in [-0.3, -0.25) is 4.79 Å². The number of para-hydroxylation sites is 2. The van der Waals surface area contributed by atoms with E-state index in [-0.39, 0.29) is 24.0 Å². The molecule has 1 aromatic carbocycles. The molecule has 1 amide bonds. The molecule has 6 nitrogen and oxygen atoms in total. The van der Waals surface area contributed by atoms with Gasteiger partial charge in [0, 0.05) is 25.6 Å². The molecule has 1 saturated carbocycles. The number of amides is 1. The Morgan fingerprint density at radius 3 is 3.04 bits per heavy atom. The number of hydrogen-bond donors (Lipinski definition) is 1. The average molecular weight is 357 g/mol. The summed E-state index contributed by atoms with van der Waals surface area (Å²) in [7, 11) is 1.80. The second-order valence-electron chi connectivity index (χ2n) is 7.59. The van der Waals surface area contributed by atoms with Gasteiger partial charge in [0.2, 0.25) is 5.91 Å². The van der Waals surface area contributed by atoms with Gasteiger partial charge in [0.1, 0.15) is 19.0 Å². The van der Waals surface area contributed by atoms with E-state index in [2.05, 4.69) is 9.97 Å². The highest BCUT2D eigenvalue weighted by atomic mass is 16.5. The van der Waals surface area contributed by atoms with E-state index in [4.69, 9.17) is 9.47 Å². The summed E-state index contributed by atoms with van der Waals surface area (Å²) in [5, 5.41) is 0. The van der Waals surface area contributed by atoms with E-state index in [1.54, 1.807) is 7.11 Å². The van der Waals surface area contributed by atoms with Gasteiger partial charge in [-0.1, -0.05) is 18.6 Å². The largest absolute Gasteiger partial charge is 0.381 e. The number of aromatic amines is 1. The Morgan fingerprint density at radius 1 is 1.35 bits per heavy atom. The predicted molar refractivity (Wildman–Crippen MR) is 98.6 cm³/mol. The van der Waals surface area contributed by atoms with Gasteiger partial charge in [0.25, 0.3) is 0 Å². The summed E-state index contributed by atoms with van der Waals surface area (Å²) in [5.74, 6) is 0.825. The lowest BCUT2D eigenvalue weighted by atomic mass is 9.76. The van der Waals surface area contributed by atoms with Crippen molar-refractivity contribution in [3.63, 3.8) is 0 Å². The lowest BCUT2D eigenvalue weighted by Crippen LogP contribution is -2.50. The SMILES string of the molecule is CO[C@@H]1CCC[C@]12CCCN(C(=O)COCc1nc3ccccc3[nH]1)C2. The fourth-order valence-electron chi connectivity index (χ4n) is 4.71. The number of aromatic nitrogens is 2. The van der Waals surface area contributed by atoms with Crippen LogP contribution in [0.15, 0.2) is 24.3 Å². The summed E-state index contributed by atoms with van der Waals surface area (Å²) in [6.07, 6.45) is 5.97. The molecule has 4 rings (SSSR count). The van der Waals surface area contributed by atoms with Gasteiger partial charge >= 0.3 is 0 Å². The first kappa shape index (κ1) is 17.5. The van der Waals surface area contributed by atoms with Crippen molar-refractivity contribution in [2.75, 3.05) is 26.8 Å². The second kappa shape index (κ2) is 7.37. The molecule has 2 atom stereocenters. The van der Waals surface area contributed by atoms with Crippen LogP contribution in [0.3, 0.4) is 0 Å². The van der Waals surface area contributed by atoms with Crippen LogP contribution < -0.4 is 0 Å². The number of imidazole rings is 1. The molecule has 2 fully saturated rings. The number of rotatable bonds is 5. The summed E-state index contributed by atoms with van der Waals surface area (Å²) in [6, 6.07) is 7.87. The third kappa shape index (κ3) is 3.35. The van der Waals surface area contributed by atoms with E-state index in [1.807, 2.05) is 29.2 Å². The molecule has 2 heterocycles. The van der Waals surface area contributed by atoms with Crippen LogP contribution in [-0.4, -0.2) is 53.7 Å². The zero-order valence-electron chi connectivity index (χ0n) is 15.4. The molecule has 1 aliphatic carbocycles. The Balaban J connectivity index is 1.31. The summed E-state index contributed by atoms with van der Waals surface area (Å²) >= 11 is 0. The van der Waals surface area contributed by atoms with Crippen LogP contribution in [0, 0.1) is 5.41 Å². The van der Waals surface area contributed by atoms with Crippen LogP contribution in [0.4, 0.5) is 0 Å². The fourth-order valence-corrected chi connectivity index (χ4v) is 4.71. The summed E-state index contributed by atoms with van der Waals surface area (Å²) < 4.78 is 11.4. The van der Waals surface area contributed by atoms with Crippen molar-refractivity contribution in [2.45, 2.75) is 44.8 Å². The third-order valence-electron chi connectivity index (χ3n) is 5.97. The number of carbonyl (C=O) groups excluding carboxylic acids is 1. The zero-order chi connectivity index (χ0) is 18.0. The highest BCUT2D eigenvalue weighted by molar-refractivity contribution is 5.77. The van der Waals surface area contributed by atoms with Crippen LogP contribution in [0.1, 0.15) is 37.9 Å². The van der Waals surface area contributed by atoms with Crippen molar-refractivity contribution in [3.8, 4) is 0 Å². The molecule has 1 N–H and O–H groups in total. The molecule has 1 aliphatic heterocycles. The minimum atomic E-state index is 0.0712. The smallest absolute Gasteiger partial charge is 0.248 e. The molecule has 2 aromatic rings. The zero-order valence-corrected chi connectivity index (χ0v) is 15.4.